The SMILES string of the molecule is O=C(O)C1CCN2CC(O)C(O)C(O)C12. The zero-order valence-electron chi connectivity index (χ0n) is 8.15. The van der Waals surface area contributed by atoms with E-state index in [1.54, 1.807) is 4.90 Å². The summed E-state index contributed by atoms with van der Waals surface area (Å²) >= 11 is 0. The second-order valence-corrected chi connectivity index (χ2v) is 4.27. The van der Waals surface area contributed by atoms with Gasteiger partial charge in [-0.2, -0.15) is 0 Å². The molecule has 2 heterocycles. The van der Waals surface area contributed by atoms with Crippen molar-refractivity contribution >= 4 is 5.97 Å². The molecule has 6 nitrogen and oxygen atoms in total. The monoisotopic (exact) mass is 217 g/mol. The maximum Gasteiger partial charge on any atom is 0.308 e. The maximum absolute atomic E-state index is 10.9. The minimum absolute atomic E-state index is 0.229. The molecule has 2 saturated heterocycles. The molecule has 0 radical (unpaired) electrons. The van der Waals surface area contributed by atoms with E-state index < -0.39 is 36.2 Å². The first-order chi connectivity index (χ1) is 7.02. The van der Waals surface area contributed by atoms with Crippen LogP contribution in [-0.2, 0) is 4.79 Å². The Labute approximate surface area is 86.7 Å². The number of carbonyl (C=O) groups is 1. The summed E-state index contributed by atoms with van der Waals surface area (Å²) in [5.41, 5.74) is 0. The molecule has 0 spiro atoms. The van der Waals surface area contributed by atoms with Gasteiger partial charge in [0.15, 0.2) is 0 Å². The maximum atomic E-state index is 10.9. The van der Waals surface area contributed by atoms with Gasteiger partial charge in [-0.25, -0.2) is 0 Å². The molecule has 6 heteroatoms. The number of rotatable bonds is 1. The van der Waals surface area contributed by atoms with E-state index >= 15 is 0 Å². The number of piperidine rings is 1. The van der Waals surface area contributed by atoms with Crippen LogP contribution < -0.4 is 0 Å². The normalized spacial score (nSPS) is 46.5. The summed E-state index contributed by atoms with van der Waals surface area (Å²) in [6.45, 7) is 0.773. The van der Waals surface area contributed by atoms with E-state index in [-0.39, 0.29) is 6.54 Å². The van der Waals surface area contributed by atoms with E-state index in [2.05, 4.69) is 0 Å². The third-order valence-corrected chi connectivity index (χ3v) is 3.39. The minimum Gasteiger partial charge on any atom is -0.481 e. The third-order valence-electron chi connectivity index (χ3n) is 3.39. The fraction of sp³-hybridized carbons (Fsp3) is 0.889. The Balaban J connectivity index is 2.19. The highest BCUT2D eigenvalue weighted by Gasteiger charge is 2.50. The second-order valence-electron chi connectivity index (χ2n) is 4.27. The van der Waals surface area contributed by atoms with Crippen molar-refractivity contribution in [1.29, 1.82) is 0 Å². The van der Waals surface area contributed by atoms with Crippen molar-refractivity contribution in [3.8, 4) is 0 Å². The number of aliphatic carboxylic acids is 1. The van der Waals surface area contributed by atoms with Crippen LogP contribution in [0.3, 0.4) is 0 Å². The van der Waals surface area contributed by atoms with Crippen LogP contribution in [0.4, 0.5) is 0 Å². The van der Waals surface area contributed by atoms with Crippen LogP contribution >= 0.6 is 0 Å². The molecule has 86 valence electrons. The van der Waals surface area contributed by atoms with Crippen LogP contribution in [0.15, 0.2) is 0 Å². The van der Waals surface area contributed by atoms with Gasteiger partial charge in [0.1, 0.15) is 6.10 Å². The van der Waals surface area contributed by atoms with Crippen molar-refractivity contribution in [2.45, 2.75) is 30.8 Å². The fourth-order valence-electron chi connectivity index (χ4n) is 2.59. The van der Waals surface area contributed by atoms with Gasteiger partial charge in [-0.15, -0.1) is 0 Å². The van der Waals surface area contributed by atoms with E-state index in [4.69, 9.17) is 5.11 Å². The molecular weight excluding hydrogens is 202 g/mol. The molecule has 0 aromatic heterocycles. The van der Waals surface area contributed by atoms with E-state index in [1.165, 1.54) is 0 Å². The van der Waals surface area contributed by atoms with Gasteiger partial charge in [0.05, 0.1) is 24.2 Å². The Hall–Kier alpha value is -0.690. The molecule has 2 rings (SSSR count). The summed E-state index contributed by atoms with van der Waals surface area (Å²) < 4.78 is 0. The van der Waals surface area contributed by atoms with Crippen LogP contribution in [0.1, 0.15) is 6.42 Å². The Kier molecular flexibility index (Phi) is 2.68. The van der Waals surface area contributed by atoms with Gasteiger partial charge in [-0.1, -0.05) is 0 Å². The third kappa shape index (κ3) is 1.63. The van der Waals surface area contributed by atoms with Crippen molar-refractivity contribution in [1.82, 2.24) is 4.90 Å². The lowest BCUT2D eigenvalue weighted by Crippen LogP contribution is -2.61. The van der Waals surface area contributed by atoms with Gasteiger partial charge >= 0.3 is 5.97 Å². The molecule has 0 amide bonds. The highest BCUT2D eigenvalue weighted by molar-refractivity contribution is 5.71. The van der Waals surface area contributed by atoms with Gasteiger partial charge in [0.25, 0.3) is 0 Å². The van der Waals surface area contributed by atoms with Gasteiger partial charge in [-0.3, -0.25) is 9.69 Å². The van der Waals surface area contributed by atoms with Gasteiger partial charge in [-0.05, 0) is 13.0 Å². The van der Waals surface area contributed by atoms with Crippen molar-refractivity contribution in [3.63, 3.8) is 0 Å². The standard InChI is InChI=1S/C9H15NO5/c11-5-3-10-2-1-4(9(14)15)6(10)8(13)7(5)12/h4-8,11-13H,1-3H2,(H,14,15). The Morgan fingerprint density at radius 3 is 2.47 bits per heavy atom. The number of nitrogens with zero attached hydrogens (tertiary/aromatic N) is 1. The Morgan fingerprint density at radius 1 is 1.20 bits per heavy atom. The number of aliphatic hydroxyl groups excluding tert-OH is 3. The molecule has 2 aliphatic rings. The molecule has 2 aliphatic heterocycles. The quantitative estimate of drug-likeness (QED) is 0.400. The van der Waals surface area contributed by atoms with E-state index in [9.17, 15) is 20.1 Å². The molecule has 5 unspecified atom stereocenters. The van der Waals surface area contributed by atoms with Gasteiger partial charge in [0.2, 0.25) is 0 Å². The number of aliphatic hydroxyl groups is 3. The summed E-state index contributed by atoms with van der Waals surface area (Å²) in [6.07, 6.45) is -2.97. The van der Waals surface area contributed by atoms with Crippen molar-refractivity contribution in [3.05, 3.63) is 0 Å². The number of hydrogen-bond donors (Lipinski definition) is 4. The average Bonchev–Trinajstić information content (AvgIpc) is 2.58. The molecule has 2 fully saturated rings. The van der Waals surface area contributed by atoms with Gasteiger partial charge < -0.3 is 20.4 Å². The van der Waals surface area contributed by atoms with Crippen molar-refractivity contribution in [2.24, 2.45) is 5.92 Å². The predicted octanol–water partition coefficient (Wildman–Crippen LogP) is -2.14. The molecule has 0 aromatic carbocycles. The summed E-state index contributed by atoms with van der Waals surface area (Å²) in [4.78, 5) is 12.6. The molecule has 15 heavy (non-hydrogen) atoms. The first-order valence-corrected chi connectivity index (χ1v) is 5.03. The highest BCUT2D eigenvalue weighted by atomic mass is 16.4. The number of carboxylic acid groups (broad SMARTS) is 1. The zero-order valence-corrected chi connectivity index (χ0v) is 8.15. The second kappa shape index (κ2) is 3.71. The first kappa shape index (κ1) is 10.8. The largest absolute Gasteiger partial charge is 0.481 e. The summed E-state index contributed by atoms with van der Waals surface area (Å²) in [6, 6.07) is -0.569. The van der Waals surface area contributed by atoms with Crippen molar-refractivity contribution < 1.29 is 25.2 Å². The summed E-state index contributed by atoms with van der Waals surface area (Å²) in [5.74, 6) is -1.60. The molecule has 0 aromatic rings. The minimum atomic E-state index is -1.24. The smallest absolute Gasteiger partial charge is 0.308 e. The average molecular weight is 217 g/mol. The summed E-state index contributed by atoms with van der Waals surface area (Å²) in [7, 11) is 0. The topological polar surface area (TPSA) is 101 Å². The fourth-order valence-corrected chi connectivity index (χ4v) is 2.59. The number of fused-ring (bicyclic) bond motifs is 1. The number of hydrogen-bond acceptors (Lipinski definition) is 5. The lowest BCUT2D eigenvalue weighted by Gasteiger charge is -2.41. The Morgan fingerprint density at radius 2 is 1.87 bits per heavy atom. The van der Waals surface area contributed by atoms with Crippen LogP contribution in [-0.4, -0.2) is 68.7 Å². The lowest BCUT2D eigenvalue weighted by molar-refractivity contribution is -0.155. The van der Waals surface area contributed by atoms with E-state index in [0.717, 1.165) is 0 Å². The van der Waals surface area contributed by atoms with Crippen LogP contribution in [0.5, 0.6) is 0 Å². The Bertz CT molecular complexity index is 271. The van der Waals surface area contributed by atoms with E-state index in [0.29, 0.717) is 13.0 Å². The zero-order chi connectivity index (χ0) is 11.2. The van der Waals surface area contributed by atoms with Crippen LogP contribution in [0.25, 0.3) is 0 Å². The highest BCUT2D eigenvalue weighted by Crippen LogP contribution is 2.32. The molecule has 0 saturated carbocycles. The first-order valence-electron chi connectivity index (χ1n) is 5.03. The molecule has 0 bridgehead atoms. The molecule has 4 N–H and O–H groups in total. The molecule has 5 atom stereocenters. The molecule has 0 aliphatic carbocycles. The van der Waals surface area contributed by atoms with Crippen LogP contribution in [0, 0.1) is 5.92 Å². The van der Waals surface area contributed by atoms with Gasteiger partial charge in [0, 0.05) is 6.54 Å². The number of carboxylic acids is 1. The molecular formula is C9H15NO5. The van der Waals surface area contributed by atoms with Crippen molar-refractivity contribution in [2.75, 3.05) is 13.1 Å². The van der Waals surface area contributed by atoms with Crippen LogP contribution in [0.2, 0.25) is 0 Å². The van der Waals surface area contributed by atoms with E-state index in [1.807, 2.05) is 0 Å². The predicted molar refractivity (Wildman–Crippen MR) is 49.1 cm³/mol. The lowest BCUT2D eigenvalue weighted by atomic mass is 9.88. The summed E-state index contributed by atoms with van der Waals surface area (Å²) in [5, 5.41) is 37.6.